The van der Waals surface area contributed by atoms with E-state index in [-0.39, 0.29) is 0 Å². The molecule has 0 unspecified atom stereocenters. The first-order valence-electron chi connectivity index (χ1n) is 24.0. The van der Waals surface area contributed by atoms with Crippen molar-refractivity contribution >= 4 is 44.9 Å². The largest absolute Gasteiger partial charge is 0.309 e. The molecule has 0 saturated heterocycles. The molecule has 11 aromatic carbocycles. The van der Waals surface area contributed by atoms with Gasteiger partial charge in [0.1, 0.15) is 12.1 Å². The summed E-state index contributed by atoms with van der Waals surface area (Å²) in [5.74, 6) is 0. The SMILES string of the molecule is N#Cc1ccccc1N(c1ccc2c(c1)C1(c3ccccc3-c3ccccc31)c1cccc3c(N(c4ccccc4C#N)c4ccccc4-c4ccccc4)ccc-2c13)c1ccccc1-c1ccccc1. The number of rotatable bonds is 8. The van der Waals surface area contributed by atoms with Crippen molar-refractivity contribution in [2.45, 2.75) is 5.41 Å². The van der Waals surface area contributed by atoms with Gasteiger partial charge in [-0.25, -0.2) is 0 Å². The summed E-state index contributed by atoms with van der Waals surface area (Å²) in [4.78, 5) is 4.57. The summed E-state index contributed by atoms with van der Waals surface area (Å²) in [5, 5.41) is 23.7. The second kappa shape index (κ2) is 16.8. The highest BCUT2D eigenvalue weighted by Crippen LogP contribution is 2.63. The van der Waals surface area contributed by atoms with Gasteiger partial charge in [-0.1, -0.05) is 200 Å². The topological polar surface area (TPSA) is 54.1 Å². The number of nitrogens with zero attached hydrogens (tertiary/aromatic N) is 4. The van der Waals surface area contributed by atoms with E-state index in [1.54, 1.807) is 0 Å². The van der Waals surface area contributed by atoms with Gasteiger partial charge in [-0.3, -0.25) is 0 Å². The van der Waals surface area contributed by atoms with Crippen LogP contribution in [0.15, 0.2) is 255 Å². The first kappa shape index (κ1) is 41.4. The molecule has 0 aromatic heterocycles. The maximum absolute atomic E-state index is 10.7. The molecule has 330 valence electrons. The van der Waals surface area contributed by atoms with E-state index in [1.807, 2.05) is 48.5 Å². The zero-order valence-electron chi connectivity index (χ0n) is 38.5. The number of hydrogen-bond acceptors (Lipinski definition) is 4. The Morgan fingerprint density at radius 1 is 0.296 bits per heavy atom. The zero-order valence-corrected chi connectivity index (χ0v) is 38.5. The standard InChI is InChI=1S/C67H42N4/c68-43-47-24-7-15-34-61(47)70(63-36-17-11-26-50(63)45-20-3-1-4-21-45)49-38-39-54-55-40-41-65(71(62-35-16-8-25-48(62)44-69)64-37-18-12-27-51(64)46-22-5-2-6-23-46)56-30-19-33-59(66(55)56)67(60(54)42-49)57-31-13-9-28-52(57)53-29-10-14-32-58(53)67/h1-42H. The van der Waals surface area contributed by atoms with Gasteiger partial charge >= 0.3 is 0 Å². The van der Waals surface area contributed by atoms with Gasteiger partial charge in [-0.05, 0) is 116 Å². The van der Waals surface area contributed by atoms with Gasteiger partial charge in [-0.15, -0.1) is 0 Å². The van der Waals surface area contributed by atoms with E-state index in [0.717, 1.165) is 83.8 Å². The van der Waals surface area contributed by atoms with Crippen LogP contribution in [0.1, 0.15) is 33.4 Å². The lowest BCUT2D eigenvalue weighted by Crippen LogP contribution is -2.32. The minimum absolute atomic E-state index is 0.582. The van der Waals surface area contributed by atoms with Crippen molar-refractivity contribution in [1.29, 1.82) is 10.5 Å². The van der Waals surface area contributed by atoms with Crippen molar-refractivity contribution in [3.8, 4) is 56.6 Å². The van der Waals surface area contributed by atoms with Gasteiger partial charge in [0.25, 0.3) is 0 Å². The van der Waals surface area contributed by atoms with Crippen molar-refractivity contribution in [2.24, 2.45) is 0 Å². The quantitative estimate of drug-likeness (QED) is 0.152. The fraction of sp³-hybridized carbons (Fsp3) is 0.0149. The summed E-state index contributed by atoms with van der Waals surface area (Å²) in [6.07, 6.45) is 0. The highest BCUT2D eigenvalue weighted by molar-refractivity contribution is 6.13. The summed E-state index contributed by atoms with van der Waals surface area (Å²) < 4.78 is 0. The van der Waals surface area contributed by atoms with Crippen LogP contribution in [0.2, 0.25) is 0 Å². The van der Waals surface area contributed by atoms with E-state index < -0.39 is 5.41 Å². The third kappa shape index (κ3) is 6.29. The van der Waals surface area contributed by atoms with Crippen LogP contribution in [-0.4, -0.2) is 0 Å². The number of para-hydroxylation sites is 4. The Morgan fingerprint density at radius 2 is 0.732 bits per heavy atom. The Balaban J connectivity index is 1.13. The second-order valence-corrected chi connectivity index (χ2v) is 18.1. The Labute approximate surface area is 413 Å². The molecule has 0 atom stereocenters. The third-order valence-corrected chi connectivity index (χ3v) is 14.6. The number of benzene rings is 11. The molecule has 1 spiro atoms. The first-order valence-corrected chi connectivity index (χ1v) is 24.0. The molecular weight excluding hydrogens is 861 g/mol. The van der Waals surface area contributed by atoms with E-state index in [0.29, 0.717) is 11.1 Å². The Hall–Kier alpha value is -9.74. The monoisotopic (exact) mass is 902 g/mol. The molecule has 2 aliphatic rings. The number of hydrogen-bond donors (Lipinski definition) is 0. The molecule has 0 aliphatic heterocycles. The molecule has 0 saturated carbocycles. The van der Waals surface area contributed by atoms with Gasteiger partial charge in [0.15, 0.2) is 0 Å². The van der Waals surface area contributed by atoms with Crippen molar-refractivity contribution in [2.75, 3.05) is 9.80 Å². The van der Waals surface area contributed by atoms with Crippen LogP contribution in [0, 0.1) is 22.7 Å². The van der Waals surface area contributed by atoms with Crippen LogP contribution in [0.5, 0.6) is 0 Å². The fourth-order valence-electron chi connectivity index (χ4n) is 11.7. The van der Waals surface area contributed by atoms with E-state index in [9.17, 15) is 10.5 Å². The molecule has 71 heavy (non-hydrogen) atoms. The molecule has 0 fully saturated rings. The number of nitriles is 2. The van der Waals surface area contributed by atoms with Crippen LogP contribution in [0.3, 0.4) is 0 Å². The van der Waals surface area contributed by atoms with Gasteiger partial charge in [-0.2, -0.15) is 10.5 Å². The molecule has 0 heterocycles. The summed E-state index contributed by atoms with van der Waals surface area (Å²) in [5.41, 5.74) is 19.7. The zero-order chi connectivity index (χ0) is 47.5. The van der Waals surface area contributed by atoms with E-state index in [4.69, 9.17) is 0 Å². The molecular formula is C67H42N4. The summed E-state index contributed by atoms with van der Waals surface area (Å²) in [7, 11) is 0. The maximum Gasteiger partial charge on any atom is 0.101 e. The summed E-state index contributed by atoms with van der Waals surface area (Å²) >= 11 is 0. The smallest absolute Gasteiger partial charge is 0.101 e. The lowest BCUT2D eigenvalue weighted by Gasteiger charge is -2.41. The summed E-state index contributed by atoms with van der Waals surface area (Å²) in [6, 6.07) is 95.0. The highest BCUT2D eigenvalue weighted by Gasteiger charge is 2.50. The van der Waals surface area contributed by atoms with Gasteiger partial charge in [0.2, 0.25) is 0 Å². The van der Waals surface area contributed by atoms with Crippen LogP contribution in [0.4, 0.5) is 34.1 Å². The normalized spacial score (nSPS) is 12.3. The number of fused-ring (bicyclic) bond motifs is 9. The minimum atomic E-state index is -0.750. The predicted molar refractivity (Wildman–Crippen MR) is 290 cm³/mol. The second-order valence-electron chi connectivity index (χ2n) is 18.1. The molecule has 11 aromatic rings. The van der Waals surface area contributed by atoms with Gasteiger partial charge in [0, 0.05) is 22.2 Å². The molecule has 4 nitrogen and oxygen atoms in total. The molecule has 13 rings (SSSR count). The molecule has 2 aliphatic carbocycles. The fourth-order valence-corrected chi connectivity index (χ4v) is 11.7. The van der Waals surface area contributed by atoms with Gasteiger partial charge < -0.3 is 9.80 Å². The lowest BCUT2D eigenvalue weighted by atomic mass is 9.61. The maximum atomic E-state index is 10.7. The van der Waals surface area contributed by atoms with Crippen LogP contribution >= 0.6 is 0 Å². The Kier molecular flexibility index (Phi) is 9.80. The van der Waals surface area contributed by atoms with Crippen LogP contribution < -0.4 is 9.80 Å². The molecule has 4 heteroatoms. The van der Waals surface area contributed by atoms with Crippen molar-refractivity contribution in [3.05, 3.63) is 288 Å². The van der Waals surface area contributed by atoms with Crippen LogP contribution in [-0.2, 0) is 5.41 Å². The Bertz CT molecular complexity index is 3950. The van der Waals surface area contributed by atoms with Gasteiger partial charge in [0.05, 0.1) is 45.0 Å². The average molecular weight is 903 g/mol. The average Bonchev–Trinajstić information content (AvgIpc) is 3.74. The highest BCUT2D eigenvalue weighted by atomic mass is 15.2. The van der Waals surface area contributed by atoms with E-state index in [2.05, 4.69) is 228 Å². The molecule has 0 radical (unpaired) electrons. The molecule has 0 N–H and O–H groups in total. The van der Waals surface area contributed by atoms with Crippen molar-refractivity contribution in [1.82, 2.24) is 0 Å². The Morgan fingerprint density at radius 3 is 1.31 bits per heavy atom. The lowest BCUT2D eigenvalue weighted by molar-refractivity contribution is 0.773. The van der Waals surface area contributed by atoms with E-state index >= 15 is 0 Å². The number of anilines is 6. The van der Waals surface area contributed by atoms with Crippen LogP contribution in [0.25, 0.3) is 55.3 Å². The molecule has 0 bridgehead atoms. The molecule has 0 amide bonds. The van der Waals surface area contributed by atoms with Crippen molar-refractivity contribution < 1.29 is 0 Å². The van der Waals surface area contributed by atoms with Crippen molar-refractivity contribution in [3.63, 3.8) is 0 Å². The van der Waals surface area contributed by atoms with E-state index in [1.165, 1.54) is 27.8 Å². The predicted octanol–water partition coefficient (Wildman–Crippen LogP) is 17.2. The summed E-state index contributed by atoms with van der Waals surface area (Å²) in [6.45, 7) is 0. The minimum Gasteiger partial charge on any atom is -0.309 e. The first-order chi connectivity index (χ1) is 35.2. The third-order valence-electron chi connectivity index (χ3n) is 14.6.